The number of aliphatic hydroxyl groups excluding tert-OH is 1. The molecule has 3 aromatic carbocycles. The molecule has 6 heterocycles. The molecule has 14 atom stereocenters. The van der Waals surface area contributed by atoms with Crippen molar-refractivity contribution in [1.82, 2.24) is 45.0 Å². The fourth-order valence-corrected chi connectivity index (χ4v) is 15.3. The molecule has 11 rings (SSSR count). The molecule has 2 aliphatic carbocycles. The van der Waals surface area contributed by atoms with E-state index in [0.29, 0.717) is 34.5 Å². The molecule has 3 radical (unpaired) electrons. The van der Waals surface area contributed by atoms with Crippen LogP contribution in [-0.2, 0) is 62.2 Å². The summed E-state index contributed by atoms with van der Waals surface area (Å²) in [6.07, 6.45) is 5.21. The lowest BCUT2D eigenvalue weighted by Crippen LogP contribution is -2.47. The van der Waals surface area contributed by atoms with Gasteiger partial charge in [-0.15, -0.1) is 19.0 Å². The van der Waals surface area contributed by atoms with E-state index in [2.05, 4.69) is 41.8 Å². The molecule has 695 valence electrons. The molecule has 0 unspecified atom stereocenters. The number of carboxylic acid groups (broad SMARTS) is 1. The van der Waals surface area contributed by atoms with E-state index in [0.717, 1.165) is 49.8 Å². The van der Waals surface area contributed by atoms with E-state index in [1.54, 1.807) is 96.9 Å². The number of amides is 2. The molecule has 3 N–H and O–H groups in total. The van der Waals surface area contributed by atoms with E-state index in [-0.39, 0.29) is 129 Å². The molecule has 2 saturated carbocycles. The highest BCUT2D eigenvalue weighted by Gasteiger charge is 2.55. The van der Waals surface area contributed by atoms with Gasteiger partial charge in [0.2, 0.25) is 0 Å². The Morgan fingerprint density at radius 3 is 1.41 bits per heavy atom. The van der Waals surface area contributed by atoms with Gasteiger partial charge in [0, 0.05) is 75.0 Å². The Bertz CT molecular complexity index is 4870. The first kappa shape index (κ1) is 98.6. The second-order valence-electron chi connectivity index (χ2n) is 36.5. The number of fused-ring (bicyclic) bond motifs is 4. The SMILES string of the molecule is C.C.C=CCCC[C@@H]1[C@H]2C[C@H]2C[C@H]1OC(=O)C[C@H](C(=O)O)C(C)(C)C.CS(=O)(=O)c1nc2cc(F)ccc2nc1Cl.C[C@@H]1[C@@H](Oc2nc3cc(F)ccc3nc2Cl)CN(C(=O)OC(C)(C)C)[C@@H]1C(=O)OC(C)(C)C.C[C@@H]1[C@@H](Oc2nc3cc(F)ccc3nc2Cl)CN[C@@H]1C(=O)OC(C)(C)C.C[C@H]1[C@@H](C(=O)OC(C)(C)C)N(C(=O)OC(C)(C)C)C[C@@H]1O.Cl.[2H][2H].[2H][2H].[2H][2H].[2H][2H].[2H][2H].[2H][2H].[B]. The number of carbonyl (C=O) groups is 7. The minimum atomic E-state index is -3.57. The smallest absolute Gasteiger partial charge is 0.411 e. The van der Waals surface area contributed by atoms with Crippen molar-refractivity contribution < 1.29 is 121 Å². The zero-order valence-electron chi connectivity index (χ0n) is 84.5. The molecule has 28 nitrogen and oxygen atoms in total. The Kier molecular flexibility index (Phi) is 35.1. The van der Waals surface area contributed by atoms with E-state index in [9.17, 15) is 65.4 Å². The highest BCUT2D eigenvalue weighted by Crippen LogP contribution is 2.58. The third-order valence-corrected chi connectivity index (χ3v) is 21.4. The van der Waals surface area contributed by atoms with Crippen LogP contribution in [0.5, 0.6) is 11.8 Å². The molecule has 2 amide bonds. The lowest BCUT2D eigenvalue weighted by atomic mass is 9.79. The monoisotopic (exact) mass is 1850 g/mol. The fraction of sp³-hybridized carbons (Fsp3) is 0.616. The number of nitrogens with zero attached hydrogens (tertiary/aromatic N) is 8. The van der Waals surface area contributed by atoms with Crippen LogP contribution >= 0.6 is 47.2 Å². The number of unbranched alkanes of at least 4 members (excludes halogenated alkanes) is 1. The lowest BCUT2D eigenvalue weighted by Gasteiger charge is -2.30. The molecular formula is C86H134BCl4F3N9O19S. The van der Waals surface area contributed by atoms with Crippen molar-refractivity contribution in [3.63, 3.8) is 0 Å². The minimum Gasteiger partial charge on any atom is -0.481 e. The van der Waals surface area contributed by atoms with E-state index in [1.165, 1.54) is 64.8 Å². The van der Waals surface area contributed by atoms with Crippen molar-refractivity contribution in [2.24, 2.45) is 46.8 Å². The predicted molar refractivity (Wildman–Crippen MR) is 480 cm³/mol. The molecule has 37 heteroatoms. The van der Waals surface area contributed by atoms with Gasteiger partial charge in [0.15, 0.2) is 30.3 Å². The number of likely N-dealkylation sites (tertiary alicyclic amines) is 2. The van der Waals surface area contributed by atoms with Crippen molar-refractivity contribution in [2.45, 2.75) is 274 Å². The first-order chi connectivity index (χ1) is 60.7. The van der Waals surface area contributed by atoms with Crippen LogP contribution in [0.4, 0.5) is 22.8 Å². The van der Waals surface area contributed by atoms with Gasteiger partial charge in [-0.1, -0.05) is 97.3 Å². The Morgan fingerprint density at radius 1 is 0.585 bits per heavy atom. The number of carboxylic acids is 1. The van der Waals surface area contributed by atoms with Gasteiger partial charge in [-0.25, -0.2) is 70.7 Å². The topological polar surface area (TPSA) is 364 Å². The van der Waals surface area contributed by atoms with Gasteiger partial charge in [0.25, 0.3) is 11.8 Å². The molecule has 5 fully saturated rings. The first-order valence-electron chi connectivity index (χ1n) is 45.3. The first-order valence-corrected chi connectivity index (χ1v) is 42.3. The van der Waals surface area contributed by atoms with Gasteiger partial charge in [-0.05, 0) is 196 Å². The molecule has 0 bridgehead atoms. The normalized spacial score (nSPS) is 22.8. The molecule has 3 aliphatic heterocycles. The Hall–Kier alpha value is -8.21. The summed E-state index contributed by atoms with van der Waals surface area (Å²) in [6, 6.07) is 9.47. The number of allylic oxidation sites excluding steroid dienone is 1. The van der Waals surface area contributed by atoms with Crippen molar-refractivity contribution in [2.75, 3.05) is 25.9 Å². The number of benzene rings is 3. The number of aliphatic carboxylic acids is 1. The number of hydrogen-bond acceptors (Lipinski definition) is 25. The van der Waals surface area contributed by atoms with E-state index >= 15 is 0 Å². The van der Waals surface area contributed by atoms with Crippen molar-refractivity contribution in [1.29, 1.82) is 0 Å². The summed E-state index contributed by atoms with van der Waals surface area (Å²) in [7, 11) is -3.57. The van der Waals surface area contributed by atoms with Crippen LogP contribution in [0.25, 0.3) is 33.1 Å². The lowest BCUT2D eigenvalue weighted by molar-refractivity contribution is -0.162. The standard InChI is InChI=1S/C23H29ClFN3O5.C19H30O4.C18H21ClFN3O3.C15H27NO5.C9H6ClFN2O2S.2CH4.B.ClH.6H2/c1-12-16(31-19-18(24)26-14-9-8-13(25)10-15(14)27-19)11-28(21(30)33-23(5,6)7)17(12)20(29)32-22(2,3)4;1-5-6-7-8-13-14-9-12(14)10-16(13)23-17(20)11-15(18(21)22)19(2,3)4;1-9-13(8-21-14(9)17(24)26-18(2,3)4)25-16-15(19)22-11-6-5-10(20)7-12(11)23-16;1-9-10(17)8-16(13(19)21-15(5,6)7)11(9)12(18)20-14(2,3)4;1-16(14,15)9-8(10)12-6-3-2-5(11)4-7(6)13-9;;;;;;;;;;/h8-10,12,16-17H,11H2,1-7H3;5,12-16H,1,6-11H2,2-4H3,(H,21,22);5-7,9,13-14,21H,8H2,1-4H3;9-11,17H,8H2,1-7H3;2-4H,1H3;2*1H4;;7*1H/t12-,16+,17+;12-,13+,14-,15+,16+;9-,13+,14+;9-,10+,11+;;;;;;;;;;;/m1011.........../s1/i;;;;;;;;;6*1+1D. The number of β-amino-alcohol motifs (C(OH)–C–C–N with tert-alkyl or cyclic N) is 1. The van der Waals surface area contributed by atoms with Gasteiger partial charge < -0.3 is 53.4 Å². The minimum absolute atomic E-state index is 0. The van der Waals surface area contributed by atoms with Gasteiger partial charge in [0.05, 0.1) is 64.6 Å². The second-order valence-corrected chi connectivity index (χ2v) is 39.5. The summed E-state index contributed by atoms with van der Waals surface area (Å²) < 4.78 is 167. The van der Waals surface area contributed by atoms with Crippen LogP contribution in [0.1, 0.15) is 217 Å². The number of rotatable bonds is 16. The zero-order valence-corrected chi connectivity index (χ0v) is 76.4. The number of sulfone groups is 1. The highest BCUT2D eigenvalue weighted by molar-refractivity contribution is 7.90. The number of aromatic nitrogens is 6. The number of ether oxygens (including phenoxy) is 8. The van der Waals surface area contributed by atoms with Crippen LogP contribution < -0.4 is 14.8 Å². The molecular weight excluding hydrogens is 1700 g/mol. The van der Waals surface area contributed by atoms with Crippen molar-refractivity contribution in [3.05, 3.63) is 100 Å². The molecule has 0 spiro atoms. The van der Waals surface area contributed by atoms with Crippen molar-refractivity contribution >= 4 is 141 Å². The highest BCUT2D eigenvalue weighted by atomic mass is 35.5. The Balaban J connectivity index is -0.000000777. The van der Waals surface area contributed by atoms with Crippen LogP contribution in [0.15, 0.2) is 72.3 Å². The summed E-state index contributed by atoms with van der Waals surface area (Å²) >= 11 is 18.1. The number of carbonyl (C=O) groups excluding carboxylic acids is 6. The summed E-state index contributed by atoms with van der Waals surface area (Å²) in [5, 5.41) is 22.0. The molecule has 5 aliphatic rings. The number of esters is 4. The second kappa shape index (κ2) is 43.8. The van der Waals surface area contributed by atoms with Gasteiger partial charge in [0.1, 0.15) is 81.9 Å². The third kappa shape index (κ3) is 31.7. The summed E-state index contributed by atoms with van der Waals surface area (Å²) in [4.78, 5) is 114. The number of nitrogens with one attached hydrogen (secondary N) is 1. The molecule has 123 heavy (non-hydrogen) atoms. The third-order valence-electron chi connectivity index (χ3n) is 19.5. The van der Waals surface area contributed by atoms with Crippen LogP contribution in [-0.4, -0.2) is 205 Å². The van der Waals surface area contributed by atoms with Crippen molar-refractivity contribution in [3.8, 4) is 11.8 Å². The van der Waals surface area contributed by atoms with Crippen LogP contribution in [0.3, 0.4) is 0 Å². The predicted octanol–water partition coefficient (Wildman–Crippen LogP) is 18.5. The zero-order chi connectivity index (χ0) is 101. The fourth-order valence-electron chi connectivity index (χ4n) is 13.8. The van der Waals surface area contributed by atoms with E-state index in [4.69, 9.17) is 90.5 Å². The molecule has 6 aromatic rings. The van der Waals surface area contributed by atoms with Crippen LogP contribution in [0.2, 0.25) is 15.5 Å². The number of halogens is 7. The van der Waals surface area contributed by atoms with Gasteiger partial charge in [-0.2, -0.15) is 0 Å². The quantitative estimate of drug-likeness (QED) is 0.0266. The van der Waals surface area contributed by atoms with Gasteiger partial charge >= 0.3 is 42.0 Å². The largest absolute Gasteiger partial charge is 0.481 e. The van der Waals surface area contributed by atoms with E-state index < -0.39 is 139 Å². The average molecular weight is 1850 g/mol. The van der Waals surface area contributed by atoms with Crippen LogP contribution in [0, 0.1) is 64.3 Å². The average Bonchev–Trinajstić information content (AvgIpc) is 1.60. The number of hydrogen-bond donors (Lipinski definition) is 3. The Morgan fingerprint density at radius 2 is 0.992 bits per heavy atom. The maximum atomic E-state index is 13.6. The maximum Gasteiger partial charge on any atom is 0.411 e. The van der Waals surface area contributed by atoms with E-state index in [1.807, 2.05) is 54.5 Å². The Labute approximate surface area is 762 Å². The molecule has 3 saturated heterocycles. The number of aliphatic hydroxyl groups is 1. The molecule has 3 aromatic heterocycles. The summed E-state index contributed by atoms with van der Waals surface area (Å²) in [6.45, 7) is 41.7. The summed E-state index contributed by atoms with van der Waals surface area (Å²) in [5.74, 6) is -3.82. The van der Waals surface area contributed by atoms with Gasteiger partial charge in [-0.3, -0.25) is 24.2 Å². The maximum absolute atomic E-state index is 13.6. The summed E-state index contributed by atoms with van der Waals surface area (Å²) in [5.41, 5.74) is -1.80.